The summed E-state index contributed by atoms with van der Waals surface area (Å²) in [4.78, 5) is 5.24. The quantitative estimate of drug-likeness (QED) is 0.148. The monoisotopic (exact) mass is 1250 g/mol. The first kappa shape index (κ1) is 59.4. The number of benzene rings is 12. The summed E-state index contributed by atoms with van der Waals surface area (Å²) < 4.78 is 4.98. The number of para-hydroxylation sites is 4. The van der Waals surface area contributed by atoms with Gasteiger partial charge in [-0.1, -0.05) is 246 Å². The lowest BCUT2D eigenvalue weighted by Gasteiger charge is -2.44. The van der Waals surface area contributed by atoms with Gasteiger partial charge in [0.2, 0.25) is 0 Å². The highest BCUT2D eigenvalue weighted by atomic mass is 15.2. The van der Waals surface area contributed by atoms with Crippen LogP contribution in [0.15, 0.2) is 255 Å². The number of aromatic nitrogens is 2. The molecule has 0 saturated heterocycles. The van der Waals surface area contributed by atoms with Gasteiger partial charge in [-0.05, 0) is 215 Å². The van der Waals surface area contributed by atoms with Crippen LogP contribution in [-0.4, -0.2) is 15.8 Å². The lowest BCUT2D eigenvalue weighted by Crippen LogP contribution is -2.61. The van der Waals surface area contributed by atoms with Gasteiger partial charge in [-0.15, -0.1) is 0 Å². The zero-order chi connectivity index (χ0) is 66.2. The molecular weight excluding hydrogens is 1170 g/mol. The molecule has 0 spiro atoms. The maximum atomic E-state index is 2.62. The van der Waals surface area contributed by atoms with Gasteiger partial charge < -0.3 is 18.9 Å². The minimum Gasteiger partial charge on any atom is -0.311 e. The van der Waals surface area contributed by atoms with Crippen molar-refractivity contribution in [1.29, 1.82) is 0 Å². The van der Waals surface area contributed by atoms with Crippen LogP contribution in [0.25, 0.3) is 88.4 Å². The molecule has 0 saturated carbocycles. The van der Waals surface area contributed by atoms with Crippen molar-refractivity contribution in [2.24, 2.45) is 0 Å². The summed E-state index contributed by atoms with van der Waals surface area (Å²) in [6.45, 7) is 26.2. The van der Waals surface area contributed by atoms with Crippen LogP contribution in [-0.2, 0) is 27.1 Å². The Morgan fingerprint density at radius 2 is 0.608 bits per heavy atom. The number of anilines is 6. The van der Waals surface area contributed by atoms with Crippen molar-refractivity contribution in [2.75, 3.05) is 9.80 Å². The van der Waals surface area contributed by atoms with Gasteiger partial charge in [0.05, 0.1) is 22.1 Å². The summed E-state index contributed by atoms with van der Waals surface area (Å²) >= 11 is 0. The molecule has 4 nitrogen and oxygen atoms in total. The summed E-state index contributed by atoms with van der Waals surface area (Å²) in [6, 6.07) is 98.6. The molecule has 5 heteroatoms. The van der Waals surface area contributed by atoms with Crippen molar-refractivity contribution in [3.63, 3.8) is 0 Å². The highest BCUT2D eigenvalue weighted by molar-refractivity contribution is 7.00. The number of hydrogen-bond donors (Lipinski definition) is 0. The predicted molar refractivity (Wildman–Crippen MR) is 415 cm³/mol. The maximum Gasteiger partial charge on any atom is 0.252 e. The number of rotatable bonds is 7. The zero-order valence-corrected chi connectivity index (χ0v) is 57.9. The molecule has 0 radical (unpaired) electrons. The van der Waals surface area contributed by atoms with Crippen molar-refractivity contribution in [2.45, 2.75) is 129 Å². The van der Waals surface area contributed by atoms with Gasteiger partial charge in [-0.2, -0.15) is 0 Å². The van der Waals surface area contributed by atoms with Crippen molar-refractivity contribution in [3.05, 3.63) is 283 Å². The molecule has 4 aliphatic rings. The first-order valence-corrected chi connectivity index (χ1v) is 35.3. The summed E-state index contributed by atoms with van der Waals surface area (Å²) in [5.74, 6) is 0. The molecule has 12 aromatic carbocycles. The molecular formula is C92H83BN4. The fraction of sp³-hybridized carbons (Fsp3) is 0.217. The van der Waals surface area contributed by atoms with Gasteiger partial charge in [0.1, 0.15) is 0 Å². The van der Waals surface area contributed by atoms with Gasteiger partial charge in [0, 0.05) is 67.0 Å². The van der Waals surface area contributed by atoms with E-state index in [1.165, 1.54) is 170 Å². The second-order valence-corrected chi connectivity index (χ2v) is 32.2. The summed E-state index contributed by atoms with van der Waals surface area (Å²) in [7, 11) is 0. The molecule has 0 amide bonds. The summed E-state index contributed by atoms with van der Waals surface area (Å²) in [6.07, 6.45) is 4.73. The zero-order valence-electron chi connectivity index (χ0n) is 57.9. The second kappa shape index (κ2) is 21.2. The Bertz CT molecular complexity index is 5150. The van der Waals surface area contributed by atoms with Crippen LogP contribution in [0.3, 0.4) is 0 Å². The molecule has 2 aliphatic carbocycles. The molecule has 2 aromatic heterocycles. The third kappa shape index (κ3) is 9.23. The average molecular weight is 1260 g/mol. The lowest BCUT2D eigenvalue weighted by atomic mass is 9.33. The molecule has 97 heavy (non-hydrogen) atoms. The fourth-order valence-corrected chi connectivity index (χ4v) is 17.7. The van der Waals surface area contributed by atoms with Crippen molar-refractivity contribution >= 4 is 101 Å². The Balaban J connectivity index is 0.900. The van der Waals surface area contributed by atoms with Crippen molar-refractivity contribution < 1.29 is 0 Å². The minimum absolute atomic E-state index is 0.00706. The van der Waals surface area contributed by atoms with E-state index in [4.69, 9.17) is 0 Å². The van der Waals surface area contributed by atoms with E-state index in [1.54, 1.807) is 0 Å². The van der Waals surface area contributed by atoms with Crippen LogP contribution < -0.4 is 26.2 Å². The Hall–Kier alpha value is -10.1. The van der Waals surface area contributed by atoms with Gasteiger partial charge in [-0.3, -0.25) is 0 Å². The van der Waals surface area contributed by atoms with E-state index in [0.717, 1.165) is 22.7 Å². The first-order chi connectivity index (χ1) is 46.7. The van der Waals surface area contributed by atoms with Crippen LogP contribution in [0.2, 0.25) is 0 Å². The first-order valence-electron chi connectivity index (χ1n) is 35.3. The van der Waals surface area contributed by atoms with Crippen LogP contribution in [0.4, 0.5) is 34.1 Å². The summed E-state index contributed by atoms with van der Waals surface area (Å²) in [5.41, 5.74) is 32.8. The third-order valence-corrected chi connectivity index (χ3v) is 23.4. The standard InChI is InChI=1S/C92H83BN4/c1-88(2,3)64-36-28-60(29-37-64)63-54-85-87-86(55-63)95(66-40-32-59(33-41-66)62-35-45-74-76(53-62)92(10,11)51-49-90(74,6)7)84-57-68(97-81-26-18-14-22-71(81)72-23-15-19-27-82(72)97)43-47-78(84)93(87)77-46-42-67(96-79-24-16-12-20-69(79)70-21-13-17-25-80(70)96)56-83(77)94(85)65-38-30-58(31-39-65)61-34-44-73-75(52-61)91(8,9)50-48-89(73,4)5/h12-47,52-57H,48-51H2,1-11H3. The second-order valence-electron chi connectivity index (χ2n) is 32.2. The SMILES string of the molecule is CC(C)(C)c1ccc(-c2cc3c4c(c2)N(c2ccc(-c5ccc6c(c5)C(C)(C)CCC6(C)C)cc2)c2cc(-n5c6ccccc6c6ccccc65)ccc2B4c2ccc(-n4c5ccccc5c5ccccc54)cc2N3c2ccc(-c3ccc4c(c3)C(C)(C)CCC4(C)C)cc2)cc1. The molecule has 0 bridgehead atoms. The average Bonchev–Trinajstić information content (AvgIpc) is 1.04. The molecule has 0 fully saturated rings. The summed E-state index contributed by atoms with van der Waals surface area (Å²) in [5, 5.41) is 4.99. The molecule has 0 N–H and O–H groups in total. The Labute approximate surface area is 572 Å². The van der Waals surface area contributed by atoms with Gasteiger partial charge >= 0.3 is 0 Å². The number of hydrogen-bond acceptors (Lipinski definition) is 2. The topological polar surface area (TPSA) is 16.3 Å². The van der Waals surface area contributed by atoms with Crippen LogP contribution in [0.5, 0.6) is 0 Å². The molecule has 2 aliphatic heterocycles. The van der Waals surface area contributed by atoms with Gasteiger partial charge in [0.25, 0.3) is 6.71 Å². The van der Waals surface area contributed by atoms with E-state index in [2.05, 4.69) is 350 Å². The Morgan fingerprint density at radius 1 is 0.289 bits per heavy atom. The van der Waals surface area contributed by atoms with Crippen LogP contribution in [0, 0.1) is 0 Å². The predicted octanol–water partition coefficient (Wildman–Crippen LogP) is 23.0. The van der Waals surface area contributed by atoms with E-state index in [9.17, 15) is 0 Å². The lowest BCUT2D eigenvalue weighted by molar-refractivity contribution is 0.332. The molecule has 18 rings (SSSR count). The highest BCUT2D eigenvalue weighted by Gasteiger charge is 2.45. The van der Waals surface area contributed by atoms with E-state index in [-0.39, 0.29) is 33.8 Å². The Kier molecular flexibility index (Phi) is 13.0. The fourth-order valence-electron chi connectivity index (χ4n) is 17.7. The van der Waals surface area contributed by atoms with Crippen molar-refractivity contribution in [1.82, 2.24) is 9.13 Å². The molecule has 14 aromatic rings. The van der Waals surface area contributed by atoms with Crippen LogP contribution in [0.1, 0.15) is 130 Å². The van der Waals surface area contributed by atoms with E-state index >= 15 is 0 Å². The highest BCUT2D eigenvalue weighted by Crippen LogP contribution is 2.52. The third-order valence-electron chi connectivity index (χ3n) is 23.4. The van der Waals surface area contributed by atoms with Crippen molar-refractivity contribution in [3.8, 4) is 44.8 Å². The number of fused-ring (bicyclic) bond motifs is 12. The molecule has 0 atom stereocenters. The van der Waals surface area contributed by atoms with E-state index in [1.807, 2.05) is 0 Å². The smallest absolute Gasteiger partial charge is 0.252 e. The Morgan fingerprint density at radius 3 is 0.979 bits per heavy atom. The minimum atomic E-state index is -0.135. The van der Waals surface area contributed by atoms with Gasteiger partial charge in [-0.25, -0.2) is 0 Å². The van der Waals surface area contributed by atoms with E-state index in [0.29, 0.717) is 0 Å². The molecule has 474 valence electrons. The van der Waals surface area contributed by atoms with Crippen LogP contribution >= 0.6 is 0 Å². The molecule has 0 unspecified atom stereocenters. The van der Waals surface area contributed by atoms with E-state index < -0.39 is 0 Å². The largest absolute Gasteiger partial charge is 0.311 e. The molecule has 4 heterocycles. The normalized spacial score (nSPS) is 16.3. The maximum absolute atomic E-state index is 2.62. The van der Waals surface area contributed by atoms with Gasteiger partial charge in [0.15, 0.2) is 0 Å². The number of nitrogens with zero attached hydrogens (tertiary/aromatic N) is 4.